The number of nitrogens with zero attached hydrogens (tertiary/aromatic N) is 1. The van der Waals surface area contributed by atoms with Gasteiger partial charge in [0.2, 0.25) is 0 Å². The number of halogens is 1. The van der Waals surface area contributed by atoms with Crippen LogP contribution in [0.5, 0.6) is 0 Å². The third-order valence-electron chi connectivity index (χ3n) is 2.04. The van der Waals surface area contributed by atoms with Crippen molar-refractivity contribution in [3.8, 4) is 0 Å². The van der Waals surface area contributed by atoms with Crippen LogP contribution >= 0.6 is 15.9 Å². The largest absolute Gasteiger partial charge is 0.308 e. The lowest BCUT2D eigenvalue weighted by Gasteiger charge is -2.20. The molecular weight excluding hydrogens is 264 g/mol. The molecule has 1 N–H and O–H groups in total. The highest BCUT2D eigenvalue weighted by atomic mass is 79.9. The van der Waals surface area contributed by atoms with Crippen molar-refractivity contribution in [2.45, 2.75) is 33.2 Å². The lowest BCUT2D eigenvalue weighted by molar-refractivity contribution is 0.445. The van der Waals surface area contributed by atoms with E-state index in [2.05, 4.69) is 66.1 Å². The van der Waals surface area contributed by atoms with E-state index in [1.54, 1.807) is 6.20 Å². The highest BCUT2D eigenvalue weighted by Crippen LogP contribution is 2.12. The van der Waals surface area contributed by atoms with Crippen LogP contribution in [0.1, 0.15) is 33.3 Å². The van der Waals surface area contributed by atoms with Crippen LogP contribution in [0.25, 0.3) is 6.08 Å². The SMILES string of the molecule is C/C(=C/c1cncc(Br)c1)CNC(C)(C)C. The fourth-order valence-corrected chi connectivity index (χ4v) is 1.63. The van der Waals surface area contributed by atoms with Crippen LogP contribution in [0.2, 0.25) is 0 Å². The Bertz CT molecular complexity index is 378. The third kappa shape index (κ3) is 5.42. The summed E-state index contributed by atoms with van der Waals surface area (Å²) < 4.78 is 1.01. The molecule has 0 radical (unpaired) electrons. The van der Waals surface area contributed by atoms with Gasteiger partial charge in [0.05, 0.1) is 0 Å². The molecule has 1 aromatic heterocycles. The van der Waals surface area contributed by atoms with E-state index >= 15 is 0 Å². The lowest BCUT2D eigenvalue weighted by Crippen LogP contribution is -2.36. The zero-order valence-electron chi connectivity index (χ0n) is 10.3. The standard InChI is InChI=1S/C13H19BrN2/c1-10(7-16-13(2,3)4)5-11-6-12(14)9-15-8-11/h5-6,8-9,16H,7H2,1-4H3/b10-5-. The summed E-state index contributed by atoms with van der Waals surface area (Å²) in [5.74, 6) is 0. The molecule has 0 spiro atoms. The summed E-state index contributed by atoms with van der Waals surface area (Å²) in [6.45, 7) is 9.53. The van der Waals surface area contributed by atoms with Crippen molar-refractivity contribution < 1.29 is 0 Å². The second kappa shape index (κ2) is 5.60. The van der Waals surface area contributed by atoms with Crippen LogP contribution in [-0.2, 0) is 0 Å². The molecule has 0 bridgehead atoms. The number of nitrogens with one attached hydrogen (secondary N) is 1. The Hall–Kier alpha value is -0.670. The molecule has 0 aliphatic rings. The molecule has 0 saturated carbocycles. The van der Waals surface area contributed by atoms with E-state index in [0.29, 0.717) is 0 Å². The molecule has 0 atom stereocenters. The normalized spacial score (nSPS) is 12.9. The molecule has 1 rings (SSSR count). The second-order valence-corrected chi connectivity index (χ2v) is 5.95. The molecule has 0 aromatic carbocycles. The second-order valence-electron chi connectivity index (χ2n) is 5.03. The van der Waals surface area contributed by atoms with Crippen molar-refractivity contribution in [3.05, 3.63) is 34.1 Å². The summed E-state index contributed by atoms with van der Waals surface area (Å²) in [6, 6.07) is 2.06. The molecule has 0 aliphatic carbocycles. The highest BCUT2D eigenvalue weighted by molar-refractivity contribution is 9.10. The van der Waals surface area contributed by atoms with E-state index in [0.717, 1.165) is 16.6 Å². The number of hydrogen-bond donors (Lipinski definition) is 1. The fraction of sp³-hybridized carbons (Fsp3) is 0.462. The Labute approximate surface area is 106 Å². The van der Waals surface area contributed by atoms with Gasteiger partial charge in [0.25, 0.3) is 0 Å². The molecule has 88 valence electrons. The lowest BCUT2D eigenvalue weighted by atomic mass is 10.1. The maximum atomic E-state index is 4.13. The molecule has 0 aliphatic heterocycles. The van der Waals surface area contributed by atoms with E-state index in [9.17, 15) is 0 Å². The molecule has 1 heterocycles. The van der Waals surface area contributed by atoms with Gasteiger partial charge in [-0.3, -0.25) is 4.98 Å². The minimum Gasteiger partial charge on any atom is -0.308 e. The predicted octanol–water partition coefficient (Wildman–Crippen LogP) is 3.64. The highest BCUT2D eigenvalue weighted by Gasteiger charge is 2.07. The van der Waals surface area contributed by atoms with Gasteiger partial charge in [-0.2, -0.15) is 0 Å². The maximum Gasteiger partial charge on any atom is 0.0410 e. The topological polar surface area (TPSA) is 24.9 Å². The minimum absolute atomic E-state index is 0.157. The van der Waals surface area contributed by atoms with Gasteiger partial charge in [-0.25, -0.2) is 0 Å². The van der Waals surface area contributed by atoms with Crippen molar-refractivity contribution in [2.24, 2.45) is 0 Å². The van der Waals surface area contributed by atoms with E-state index in [-0.39, 0.29) is 5.54 Å². The fourth-order valence-electron chi connectivity index (χ4n) is 1.25. The first-order valence-corrected chi connectivity index (χ1v) is 6.19. The summed E-state index contributed by atoms with van der Waals surface area (Å²) in [4.78, 5) is 4.13. The minimum atomic E-state index is 0.157. The molecule has 1 aromatic rings. The first-order valence-electron chi connectivity index (χ1n) is 5.39. The van der Waals surface area contributed by atoms with Crippen LogP contribution in [0.3, 0.4) is 0 Å². The predicted molar refractivity (Wildman–Crippen MR) is 73.3 cm³/mol. The Balaban J connectivity index is 2.63. The Morgan fingerprint density at radius 1 is 1.44 bits per heavy atom. The number of hydrogen-bond acceptors (Lipinski definition) is 2. The zero-order chi connectivity index (χ0) is 12.2. The molecule has 0 saturated heterocycles. The van der Waals surface area contributed by atoms with Crippen LogP contribution < -0.4 is 5.32 Å². The first-order chi connectivity index (χ1) is 7.37. The summed E-state index contributed by atoms with van der Waals surface area (Å²) in [5.41, 5.74) is 2.59. The van der Waals surface area contributed by atoms with Crippen LogP contribution in [0, 0.1) is 0 Å². The smallest absolute Gasteiger partial charge is 0.0410 e. The van der Waals surface area contributed by atoms with Crippen molar-refractivity contribution in [1.82, 2.24) is 10.3 Å². The van der Waals surface area contributed by atoms with E-state index in [1.807, 2.05) is 6.20 Å². The van der Waals surface area contributed by atoms with Gasteiger partial charge in [0, 0.05) is 29.0 Å². The molecule has 16 heavy (non-hydrogen) atoms. The van der Waals surface area contributed by atoms with E-state index in [4.69, 9.17) is 0 Å². The quantitative estimate of drug-likeness (QED) is 0.916. The van der Waals surface area contributed by atoms with Crippen molar-refractivity contribution >= 4 is 22.0 Å². The molecular formula is C13H19BrN2. The van der Waals surface area contributed by atoms with Crippen molar-refractivity contribution in [3.63, 3.8) is 0 Å². The maximum absolute atomic E-state index is 4.13. The summed E-state index contributed by atoms with van der Waals surface area (Å²) in [6.07, 6.45) is 5.81. The molecule has 2 nitrogen and oxygen atoms in total. The van der Waals surface area contributed by atoms with Gasteiger partial charge in [-0.15, -0.1) is 0 Å². The van der Waals surface area contributed by atoms with Gasteiger partial charge < -0.3 is 5.32 Å². The number of aromatic nitrogens is 1. The molecule has 0 unspecified atom stereocenters. The Kier molecular flexibility index (Phi) is 4.69. The molecule has 0 fully saturated rings. The average molecular weight is 283 g/mol. The summed E-state index contributed by atoms with van der Waals surface area (Å²) in [7, 11) is 0. The van der Waals surface area contributed by atoms with Crippen LogP contribution in [-0.4, -0.2) is 17.1 Å². The molecule has 3 heteroatoms. The van der Waals surface area contributed by atoms with Crippen molar-refractivity contribution in [1.29, 1.82) is 0 Å². The van der Waals surface area contributed by atoms with Crippen LogP contribution in [0.4, 0.5) is 0 Å². The number of rotatable bonds is 3. The third-order valence-corrected chi connectivity index (χ3v) is 2.47. The van der Waals surface area contributed by atoms with E-state index < -0.39 is 0 Å². The van der Waals surface area contributed by atoms with Gasteiger partial charge in [0.1, 0.15) is 0 Å². The Morgan fingerprint density at radius 3 is 2.69 bits per heavy atom. The monoisotopic (exact) mass is 282 g/mol. The van der Waals surface area contributed by atoms with Gasteiger partial charge in [0.15, 0.2) is 0 Å². The summed E-state index contributed by atoms with van der Waals surface area (Å²) >= 11 is 3.42. The zero-order valence-corrected chi connectivity index (χ0v) is 11.9. The van der Waals surface area contributed by atoms with Gasteiger partial charge in [-0.05, 0) is 55.3 Å². The van der Waals surface area contributed by atoms with E-state index in [1.165, 1.54) is 5.57 Å². The van der Waals surface area contributed by atoms with Crippen molar-refractivity contribution in [2.75, 3.05) is 6.54 Å². The summed E-state index contributed by atoms with van der Waals surface area (Å²) in [5, 5.41) is 3.46. The molecule has 0 amide bonds. The van der Waals surface area contributed by atoms with Gasteiger partial charge in [-0.1, -0.05) is 11.6 Å². The number of pyridine rings is 1. The average Bonchev–Trinajstić information content (AvgIpc) is 2.14. The Morgan fingerprint density at radius 2 is 2.12 bits per heavy atom. The van der Waals surface area contributed by atoms with Gasteiger partial charge >= 0.3 is 0 Å². The van der Waals surface area contributed by atoms with Crippen LogP contribution in [0.15, 0.2) is 28.5 Å². The first kappa shape index (κ1) is 13.4.